The second kappa shape index (κ2) is 10.4. The van der Waals surface area contributed by atoms with Crippen molar-refractivity contribution < 1.29 is 18.6 Å². The summed E-state index contributed by atoms with van der Waals surface area (Å²) in [6.45, 7) is -1.84. The Morgan fingerprint density at radius 1 is 1.08 bits per heavy atom. The van der Waals surface area contributed by atoms with Gasteiger partial charge in [-0.25, -0.2) is 9.65 Å². The van der Waals surface area contributed by atoms with Crippen LogP contribution in [0.25, 0.3) is 0 Å². The van der Waals surface area contributed by atoms with E-state index in [1.54, 1.807) is 30.3 Å². The second-order valence-corrected chi connectivity index (χ2v) is 8.58. The van der Waals surface area contributed by atoms with Crippen molar-refractivity contribution in [2.45, 2.75) is 32.2 Å². The van der Waals surface area contributed by atoms with Crippen molar-refractivity contribution in [2.75, 3.05) is 6.61 Å². The number of unbranched alkanes of at least 4 members (excludes halogenated alkanes) is 1. The summed E-state index contributed by atoms with van der Waals surface area (Å²) < 4.78 is 22.7. The fraction of sp³-hybridized carbons (Fsp3) is 0.316. The van der Waals surface area contributed by atoms with Crippen molar-refractivity contribution >= 4 is 24.1 Å². The Kier molecular flexibility index (Phi) is 8.17. The van der Waals surface area contributed by atoms with E-state index in [1.165, 1.54) is 12.5 Å². The third-order valence-electron chi connectivity index (χ3n) is 3.61. The van der Waals surface area contributed by atoms with Crippen molar-refractivity contribution in [1.82, 2.24) is 5.09 Å². The van der Waals surface area contributed by atoms with Crippen molar-refractivity contribution in [3.05, 3.63) is 66.2 Å². The van der Waals surface area contributed by atoms with Gasteiger partial charge < -0.3 is 9.26 Å². The number of esters is 1. The van der Waals surface area contributed by atoms with Gasteiger partial charge in [-0.05, 0) is 43.9 Å². The molecule has 5 nitrogen and oxygen atoms in total. The van der Waals surface area contributed by atoms with E-state index in [-0.39, 0.29) is 0 Å². The molecule has 1 unspecified atom stereocenters. The Balaban J connectivity index is 1.67. The second-order valence-electron chi connectivity index (χ2n) is 5.84. The van der Waals surface area contributed by atoms with Crippen LogP contribution in [0.15, 0.2) is 60.7 Å². The molecule has 0 radical (unpaired) electrons. The lowest BCUT2D eigenvalue weighted by atomic mass is 10.1. The molecule has 0 saturated heterocycles. The van der Waals surface area contributed by atoms with Crippen LogP contribution in [0.3, 0.4) is 0 Å². The van der Waals surface area contributed by atoms with Crippen LogP contribution in [0.1, 0.15) is 25.3 Å². The molecule has 2 aromatic carbocycles. The molecule has 140 valence electrons. The number of rotatable bonds is 10. The van der Waals surface area contributed by atoms with E-state index in [2.05, 4.69) is 17.2 Å². The fourth-order valence-corrected chi connectivity index (χ4v) is 3.99. The van der Waals surface area contributed by atoms with E-state index >= 15 is 0 Å². The molecule has 0 bridgehead atoms. The maximum atomic E-state index is 12.3. The summed E-state index contributed by atoms with van der Waals surface area (Å²) in [6.07, 6.45) is 2.62. The zero-order chi connectivity index (χ0) is 18.8. The molecule has 0 heterocycles. The molecule has 26 heavy (non-hydrogen) atoms. The number of benzene rings is 2. The maximum absolute atomic E-state index is 12.3. The summed E-state index contributed by atoms with van der Waals surface area (Å²) >= 11 is 5.88. The van der Waals surface area contributed by atoms with E-state index < -0.39 is 18.9 Å². The Morgan fingerprint density at radius 3 is 2.35 bits per heavy atom. The Morgan fingerprint density at radius 2 is 1.69 bits per heavy atom. The molecule has 2 aromatic rings. The number of carbonyl (C=O) groups is 1. The molecule has 0 aliphatic heterocycles. The molecule has 2 atom stereocenters. The molecule has 2 rings (SSSR count). The van der Waals surface area contributed by atoms with Gasteiger partial charge in [0.25, 0.3) is 0 Å². The first-order chi connectivity index (χ1) is 12.5. The van der Waals surface area contributed by atoms with E-state index in [0.717, 1.165) is 19.3 Å². The standard InChI is InChI=1S/C19H23ClNO4P/c1-16(21-26(20,23)25-18-13-6-3-7-14-18)19(22)24-15-9-8-12-17-10-4-2-5-11-17/h2-7,10-11,13-14,16H,8-9,12,15H2,1H3,(H,21,23)/t16-,26?/m0/s1. The Hall–Kier alpha value is -1.81. The molecule has 1 N–H and O–H groups in total. The van der Waals surface area contributed by atoms with Gasteiger partial charge in [0.1, 0.15) is 11.8 Å². The number of nitrogens with one attached hydrogen (secondary N) is 1. The van der Waals surface area contributed by atoms with Gasteiger partial charge >= 0.3 is 12.8 Å². The maximum Gasteiger partial charge on any atom is 0.409 e. The number of halogens is 1. The minimum Gasteiger partial charge on any atom is -0.465 e. The summed E-state index contributed by atoms with van der Waals surface area (Å²) in [5.74, 6) is -0.151. The quantitative estimate of drug-likeness (QED) is 0.350. The van der Waals surface area contributed by atoms with E-state index in [4.69, 9.17) is 20.5 Å². The van der Waals surface area contributed by atoms with Gasteiger partial charge in [0, 0.05) is 11.2 Å². The number of para-hydroxylation sites is 1. The topological polar surface area (TPSA) is 64.6 Å². The van der Waals surface area contributed by atoms with Crippen molar-refractivity contribution in [2.24, 2.45) is 0 Å². The average molecular weight is 396 g/mol. The first-order valence-corrected chi connectivity index (χ1v) is 11.0. The van der Waals surface area contributed by atoms with Crippen LogP contribution in [0.5, 0.6) is 5.75 Å². The summed E-state index contributed by atoms with van der Waals surface area (Å²) in [6, 6.07) is 17.8. The molecule has 7 heteroatoms. The molecule has 0 saturated carbocycles. The minimum atomic E-state index is -3.69. The largest absolute Gasteiger partial charge is 0.465 e. The van der Waals surface area contributed by atoms with Crippen LogP contribution in [-0.2, 0) is 20.5 Å². The Labute approximate surface area is 159 Å². The highest BCUT2D eigenvalue weighted by molar-refractivity contribution is 7.84. The van der Waals surface area contributed by atoms with Gasteiger partial charge in [0.05, 0.1) is 6.61 Å². The first-order valence-electron chi connectivity index (χ1n) is 8.49. The summed E-state index contributed by atoms with van der Waals surface area (Å²) in [5, 5.41) is 2.50. The monoisotopic (exact) mass is 395 g/mol. The molecular formula is C19H23ClNO4P. The van der Waals surface area contributed by atoms with Gasteiger partial charge in [-0.2, -0.15) is 0 Å². The van der Waals surface area contributed by atoms with E-state index in [0.29, 0.717) is 12.4 Å². The smallest absolute Gasteiger partial charge is 0.409 e. The van der Waals surface area contributed by atoms with Crippen molar-refractivity contribution in [3.8, 4) is 5.75 Å². The zero-order valence-electron chi connectivity index (χ0n) is 14.6. The van der Waals surface area contributed by atoms with Crippen molar-refractivity contribution in [3.63, 3.8) is 0 Å². The van der Waals surface area contributed by atoms with Gasteiger partial charge in [0.2, 0.25) is 0 Å². The lowest BCUT2D eigenvalue weighted by Crippen LogP contribution is -2.33. The number of hydrogen-bond donors (Lipinski definition) is 1. The molecule has 0 aliphatic rings. The van der Waals surface area contributed by atoms with Crippen LogP contribution in [0.2, 0.25) is 0 Å². The molecule has 0 amide bonds. The van der Waals surface area contributed by atoms with Crippen LogP contribution in [0, 0.1) is 0 Å². The predicted octanol–water partition coefficient (Wildman–Crippen LogP) is 4.96. The van der Waals surface area contributed by atoms with Crippen molar-refractivity contribution in [1.29, 1.82) is 0 Å². The third-order valence-corrected chi connectivity index (χ3v) is 5.26. The predicted molar refractivity (Wildman–Crippen MR) is 103 cm³/mol. The lowest BCUT2D eigenvalue weighted by Gasteiger charge is -2.18. The zero-order valence-corrected chi connectivity index (χ0v) is 16.3. The number of aryl methyl sites for hydroxylation is 1. The highest BCUT2D eigenvalue weighted by Gasteiger charge is 2.27. The van der Waals surface area contributed by atoms with Gasteiger partial charge in [-0.1, -0.05) is 48.5 Å². The molecule has 0 fully saturated rings. The number of carbonyl (C=O) groups excluding carboxylic acids is 1. The number of hydrogen-bond acceptors (Lipinski definition) is 4. The van der Waals surface area contributed by atoms with Gasteiger partial charge in [0.15, 0.2) is 0 Å². The summed E-state index contributed by atoms with van der Waals surface area (Å²) in [4.78, 5) is 12.0. The fourth-order valence-electron chi connectivity index (χ4n) is 2.30. The minimum absolute atomic E-state index is 0.309. The van der Waals surface area contributed by atoms with Gasteiger partial charge in [-0.3, -0.25) is 4.79 Å². The SMILES string of the molecule is C[C@H](NP(=O)(Cl)Oc1ccccc1)C(=O)OCCCCc1ccccc1. The molecular weight excluding hydrogens is 373 g/mol. The van der Waals surface area contributed by atoms with E-state index in [9.17, 15) is 9.36 Å². The lowest BCUT2D eigenvalue weighted by molar-refractivity contribution is -0.145. The highest BCUT2D eigenvalue weighted by atomic mass is 35.7. The summed E-state index contributed by atoms with van der Waals surface area (Å²) in [7, 11) is 0. The molecule has 0 spiro atoms. The van der Waals surface area contributed by atoms with Crippen LogP contribution in [-0.4, -0.2) is 18.6 Å². The first kappa shape index (κ1) is 20.5. The normalized spacial score (nSPS) is 14.2. The third kappa shape index (κ3) is 7.61. The van der Waals surface area contributed by atoms with Crippen LogP contribution >= 0.6 is 18.1 Å². The molecule has 0 aromatic heterocycles. The number of ether oxygens (including phenoxy) is 1. The van der Waals surface area contributed by atoms with E-state index in [1.807, 2.05) is 18.2 Å². The average Bonchev–Trinajstić information content (AvgIpc) is 2.62. The van der Waals surface area contributed by atoms with Crippen LogP contribution in [0.4, 0.5) is 0 Å². The van der Waals surface area contributed by atoms with Gasteiger partial charge in [-0.15, -0.1) is 0 Å². The van der Waals surface area contributed by atoms with Crippen LogP contribution < -0.4 is 9.61 Å². The molecule has 0 aliphatic carbocycles. The highest BCUT2D eigenvalue weighted by Crippen LogP contribution is 2.48. The summed E-state index contributed by atoms with van der Waals surface area (Å²) in [5.41, 5.74) is 1.26. The Bertz CT molecular complexity index is 727.